The van der Waals surface area contributed by atoms with E-state index in [2.05, 4.69) is 10.1 Å². The van der Waals surface area contributed by atoms with Crippen molar-refractivity contribution in [3.8, 4) is 0 Å². The predicted octanol–water partition coefficient (Wildman–Crippen LogP) is 1.81. The molecule has 0 aliphatic heterocycles. The molecule has 100 valence electrons. The molecule has 7 heteroatoms. The molecule has 0 spiro atoms. The van der Waals surface area contributed by atoms with Crippen molar-refractivity contribution >= 4 is 28.1 Å². The monoisotopic (exact) mass is 271 g/mol. The third kappa shape index (κ3) is 4.33. The second-order valence-corrected chi connectivity index (χ2v) is 5.32. The van der Waals surface area contributed by atoms with Crippen molar-refractivity contribution < 1.29 is 14.4 Å². The number of nitrogens with two attached hydrogens (primary N) is 1. The zero-order valence-corrected chi connectivity index (χ0v) is 11.7. The van der Waals surface area contributed by atoms with Crippen molar-refractivity contribution in [2.75, 3.05) is 12.3 Å². The number of aromatic nitrogens is 1. The Bertz CT molecular complexity index is 449. The highest BCUT2D eigenvalue weighted by Gasteiger charge is 2.21. The lowest BCUT2D eigenvalue weighted by Crippen LogP contribution is -2.23. The van der Waals surface area contributed by atoms with E-state index in [1.54, 1.807) is 12.3 Å². The van der Waals surface area contributed by atoms with E-state index < -0.39 is 11.6 Å². The van der Waals surface area contributed by atoms with Gasteiger partial charge in [-0.05, 0) is 27.7 Å². The Morgan fingerprint density at radius 2 is 2.22 bits per heavy atom. The molecule has 0 saturated carbocycles. The summed E-state index contributed by atoms with van der Waals surface area (Å²) in [5, 5.41) is 5.82. The molecular weight excluding hydrogens is 254 g/mol. The highest BCUT2D eigenvalue weighted by Crippen LogP contribution is 2.14. The van der Waals surface area contributed by atoms with E-state index in [-0.39, 0.29) is 12.3 Å². The number of anilines is 1. The lowest BCUT2D eigenvalue weighted by Gasteiger charge is -2.16. The van der Waals surface area contributed by atoms with Gasteiger partial charge in [0.15, 0.2) is 5.13 Å². The normalized spacial score (nSPS) is 12.3. The first-order valence-corrected chi connectivity index (χ1v) is 6.36. The molecule has 2 N–H and O–H groups in total. The maximum absolute atomic E-state index is 11.8. The van der Waals surface area contributed by atoms with Gasteiger partial charge >= 0.3 is 5.97 Å². The number of thiazole rings is 1. The van der Waals surface area contributed by atoms with E-state index in [0.29, 0.717) is 10.8 Å². The van der Waals surface area contributed by atoms with E-state index in [9.17, 15) is 4.79 Å². The van der Waals surface area contributed by atoms with Crippen LogP contribution in [0.3, 0.4) is 0 Å². The van der Waals surface area contributed by atoms with Gasteiger partial charge in [-0.1, -0.05) is 5.16 Å². The van der Waals surface area contributed by atoms with Gasteiger partial charge in [-0.2, -0.15) is 0 Å². The number of carbonyl (C=O) groups is 1. The van der Waals surface area contributed by atoms with Crippen molar-refractivity contribution in [3.05, 3.63) is 11.1 Å². The molecule has 6 nitrogen and oxygen atoms in total. The average molecular weight is 271 g/mol. The SMILES string of the molecule is CCOC(=O)C(=NOC(C)(C)C)c1csc(N)n1. The topological polar surface area (TPSA) is 86.8 Å². The second kappa shape index (κ2) is 5.81. The van der Waals surface area contributed by atoms with Crippen LogP contribution in [0.4, 0.5) is 5.13 Å². The Morgan fingerprint density at radius 1 is 1.56 bits per heavy atom. The predicted molar refractivity (Wildman–Crippen MR) is 70.5 cm³/mol. The highest BCUT2D eigenvalue weighted by atomic mass is 32.1. The van der Waals surface area contributed by atoms with E-state index in [1.807, 2.05) is 20.8 Å². The summed E-state index contributed by atoms with van der Waals surface area (Å²) >= 11 is 1.22. The molecule has 0 aliphatic carbocycles. The first-order chi connectivity index (χ1) is 8.33. The summed E-state index contributed by atoms with van der Waals surface area (Å²) in [6.07, 6.45) is 0. The molecule has 1 aromatic heterocycles. The fraction of sp³-hybridized carbons (Fsp3) is 0.545. The van der Waals surface area contributed by atoms with Crippen LogP contribution in [0.15, 0.2) is 10.5 Å². The largest absolute Gasteiger partial charge is 0.461 e. The summed E-state index contributed by atoms with van der Waals surface area (Å²) < 4.78 is 4.91. The number of nitrogen functional groups attached to an aromatic ring is 1. The minimum Gasteiger partial charge on any atom is -0.461 e. The van der Waals surface area contributed by atoms with Gasteiger partial charge in [-0.3, -0.25) is 0 Å². The van der Waals surface area contributed by atoms with Crippen LogP contribution in [0.2, 0.25) is 0 Å². The van der Waals surface area contributed by atoms with Crippen molar-refractivity contribution in [1.82, 2.24) is 4.98 Å². The first kappa shape index (κ1) is 14.4. The van der Waals surface area contributed by atoms with Crippen LogP contribution in [-0.4, -0.2) is 28.9 Å². The number of hydrogen-bond donors (Lipinski definition) is 1. The molecule has 0 unspecified atom stereocenters. The van der Waals surface area contributed by atoms with Crippen LogP contribution in [-0.2, 0) is 14.4 Å². The summed E-state index contributed by atoms with van der Waals surface area (Å²) in [7, 11) is 0. The van der Waals surface area contributed by atoms with Crippen molar-refractivity contribution in [2.24, 2.45) is 5.16 Å². The molecule has 0 bridgehead atoms. The van der Waals surface area contributed by atoms with Crippen LogP contribution in [0.1, 0.15) is 33.4 Å². The lowest BCUT2D eigenvalue weighted by molar-refractivity contribution is -0.135. The Balaban J connectivity index is 2.99. The molecule has 0 amide bonds. The molecular formula is C11H17N3O3S. The standard InChI is InChI=1S/C11H17N3O3S/c1-5-16-9(15)8(14-17-11(2,3)4)7-6-18-10(12)13-7/h6H,5H2,1-4H3,(H2,12,13). The van der Waals surface area contributed by atoms with Crippen molar-refractivity contribution in [1.29, 1.82) is 0 Å². The first-order valence-electron chi connectivity index (χ1n) is 5.48. The molecule has 1 aromatic rings. The third-order valence-electron chi connectivity index (χ3n) is 1.64. The number of esters is 1. The van der Waals surface area contributed by atoms with E-state index in [0.717, 1.165) is 0 Å². The smallest absolute Gasteiger partial charge is 0.362 e. The van der Waals surface area contributed by atoms with E-state index in [1.165, 1.54) is 11.3 Å². The fourth-order valence-corrected chi connectivity index (χ4v) is 1.51. The molecule has 0 radical (unpaired) electrons. The molecule has 18 heavy (non-hydrogen) atoms. The molecule has 1 rings (SSSR count). The molecule has 0 saturated heterocycles. The summed E-state index contributed by atoms with van der Waals surface area (Å²) in [6.45, 7) is 7.46. The number of ether oxygens (including phenoxy) is 1. The zero-order chi connectivity index (χ0) is 13.8. The third-order valence-corrected chi connectivity index (χ3v) is 2.32. The Labute approximate surface area is 110 Å². The summed E-state index contributed by atoms with van der Waals surface area (Å²) in [4.78, 5) is 21.0. The minimum absolute atomic E-state index is 0.0275. The maximum atomic E-state index is 11.8. The van der Waals surface area contributed by atoms with Gasteiger partial charge in [-0.15, -0.1) is 11.3 Å². The van der Waals surface area contributed by atoms with Gasteiger partial charge in [0.05, 0.1) is 6.61 Å². The zero-order valence-electron chi connectivity index (χ0n) is 10.9. The number of hydrogen-bond acceptors (Lipinski definition) is 7. The van der Waals surface area contributed by atoms with E-state index >= 15 is 0 Å². The second-order valence-electron chi connectivity index (χ2n) is 4.44. The molecule has 1 heterocycles. The number of nitrogens with zero attached hydrogens (tertiary/aromatic N) is 2. The number of oxime groups is 1. The fourth-order valence-electron chi connectivity index (χ4n) is 0.967. The Morgan fingerprint density at radius 3 is 2.67 bits per heavy atom. The minimum atomic E-state index is -0.577. The molecule has 0 fully saturated rings. The molecule has 0 atom stereocenters. The van der Waals surface area contributed by atoms with Crippen LogP contribution in [0.25, 0.3) is 0 Å². The highest BCUT2D eigenvalue weighted by molar-refractivity contribution is 7.13. The van der Waals surface area contributed by atoms with Crippen LogP contribution >= 0.6 is 11.3 Å². The average Bonchev–Trinajstić information content (AvgIpc) is 2.64. The van der Waals surface area contributed by atoms with Gasteiger partial charge in [0.2, 0.25) is 5.71 Å². The van der Waals surface area contributed by atoms with Gasteiger partial charge in [-0.25, -0.2) is 9.78 Å². The molecule has 0 aromatic carbocycles. The quantitative estimate of drug-likeness (QED) is 0.512. The van der Waals surface area contributed by atoms with Gasteiger partial charge in [0.1, 0.15) is 11.3 Å². The van der Waals surface area contributed by atoms with Gasteiger partial charge in [0, 0.05) is 5.38 Å². The number of carbonyl (C=O) groups excluding carboxylic acids is 1. The van der Waals surface area contributed by atoms with Crippen LogP contribution < -0.4 is 5.73 Å². The molecule has 0 aliphatic rings. The number of rotatable bonds is 4. The van der Waals surface area contributed by atoms with Crippen molar-refractivity contribution in [2.45, 2.75) is 33.3 Å². The maximum Gasteiger partial charge on any atom is 0.362 e. The Kier molecular flexibility index (Phi) is 4.66. The lowest BCUT2D eigenvalue weighted by atomic mass is 10.2. The van der Waals surface area contributed by atoms with Gasteiger partial charge < -0.3 is 15.3 Å². The van der Waals surface area contributed by atoms with E-state index in [4.69, 9.17) is 15.3 Å². The van der Waals surface area contributed by atoms with Crippen LogP contribution in [0.5, 0.6) is 0 Å². The van der Waals surface area contributed by atoms with Crippen LogP contribution in [0, 0.1) is 0 Å². The summed E-state index contributed by atoms with van der Waals surface area (Å²) in [5.41, 5.74) is 5.42. The van der Waals surface area contributed by atoms with Crippen molar-refractivity contribution in [3.63, 3.8) is 0 Å². The Hall–Kier alpha value is -1.63. The van der Waals surface area contributed by atoms with Gasteiger partial charge in [0.25, 0.3) is 0 Å². The summed E-state index contributed by atoms with van der Waals surface area (Å²) in [5.74, 6) is -0.577. The summed E-state index contributed by atoms with van der Waals surface area (Å²) in [6, 6.07) is 0.